The van der Waals surface area contributed by atoms with E-state index in [0.717, 1.165) is 11.4 Å². The van der Waals surface area contributed by atoms with Crippen LogP contribution in [0, 0.1) is 0 Å². The molecule has 0 saturated carbocycles. The molecule has 0 aliphatic carbocycles. The van der Waals surface area contributed by atoms with Crippen LogP contribution in [0.5, 0.6) is 5.75 Å². The molecule has 0 aliphatic rings. The summed E-state index contributed by atoms with van der Waals surface area (Å²) >= 11 is 0. The van der Waals surface area contributed by atoms with Crippen LogP contribution in [0.4, 0.5) is 5.69 Å². The maximum absolute atomic E-state index is 11.2. The minimum absolute atomic E-state index is 0.114. The van der Waals surface area contributed by atoms with Gasteiger partial charge in [0, 0.05) is 5.69 Å². The van der Waals surface area contributed by atoms with Gasteiger partial charge in [-0.1, -0.05) is 0 Å². The first-order valence-corrected chi connectivity index (χ1v) is 4.46. The molecule has 0 aromatic heterocycles. The van der Waals surface area contributed by atoms with Crippen molar-refractivity contribution in [3.8, 4) is 5.75 Å². The fraction of sp³-hybridized carbons (Fsp3) is 0.300. The molecule has 82 valence electrons. The smallest absolute Gasteiger partial charge is 0.240 e. The molecule has 15 heavy (non-hydrogen) atoms. The van der Waals surface area contributed by atoms with Crippen molar-refractivity contribution in [3.63, 3.8) is 0 Å². The van der Waals surface area contributed by atoms with Crippen LogP contribution in [0.25, 0.3) is 0 Å². The van der Waals surface area contributed by atoms with Crippen molar-refractivity contribution < 1.29 is 14.4 Å². The number of hydroxylamine groups is 1. The second-order valence-electron chi connectivity index (χ2n) is 2.80. The van der Waals surface area contributed by atoms with Gasteiger partial charge in [-0.15, -0.1) is 0 Å². The predicted molar refractivity (Wildman–Crippen MR) is 56.6 cm³/mol. The van der Waals surface area contributed by atoms with Crippen LogP contribution in [0.2, 0.25) is 0 Å². The summed E-state index contributed by atoms with van der Waals surface area (Å²) in [6.45, 7) is 0.114. The van der Waals surface area contributed by atoms with Gasteiger partial charge in [-0.05, 0) is 24.3 Å². The molecule has 0 bridgehead atoms. The Morgan fingerprint density at radius 2 is 1.93 bits per heavy atom. The number of nitrogens with one attached hydrogen (secondary N) is 2. The summed E-state index contributed by atoms with van der Waals surface area (Å²) < 4.78 is 4.99. The largest absolute Gasteiger partial charge is 0.497 e. The van der Waals surface area contributed by atoms with Crippen molar-refractivity contribution in [1.29, 1.82) is 0 Å². The highest BCUT2D eigenvalue weighted by Crippen LogP contribution is 2.14. The number of anilines is 1. The van der Waals surface area contributed by atoms with E-state index in [2.05, 4.69) is 15.6 Å². The van der Waals surface area contributed by atoms with Crippen LogP contribution in [-0.4, -0.2) is 26.7 Å². The summed E-state index contributed by atoms with van der Waals surface area (Å²) in [4.78, 5) is 15.8. The fourth-order valence-corrected chi connectivity index (χ4v) is 1.02. The van der Waals surface area contributed by atoms with Gasteiger partial charge in [0.1, 0.15) is 12.3 Å². The lowest BCUT2D eigenvalue weighted by atomic mass is 10.3. The van der Waals surface area contributed by atoms with Gasteiger partial charge >= 0.3 is 0 Å². The highest BCUT2D eigenvalue weighted by atomic mass is 16.6. The van der Waals surface area contributed by atoms with Crippen LogP contribution in [0.15, 0.2) is 24.3 Å². The molecule has 1 aromatic rings. The monoisotopic (exact) mass is 210 g/mol. The van der Waals surface area contributed by atoms with Crippen molar-refractivity contribution in [2.24, 2.45) is 0 Å². The van der Waals surface area contributed by atoms with Gasteiger partial charge in [0.15, 0.2) is 0 Å². The van der Waals surface area contributed by atoms with E-state index in [1.54, 1.807) is 31.4 Å². The van der Waals surface area contributed by atoms with Gasteiger partial charge in [0.25, 0.3) is 0 Å². The quantitative estimate of drug-likeness (QED) is 0.705. The van der Waals surface area contributed by atoms with Gasteiger partial charge in [-0.25, -0.2) is 0 Å². The van der Waals surface area contributed by atoms with Gasteiger partial charge < -0.3 is 14.9 Å². The SMILES string of the molecule is CONCC(=O)Nc1ccc(OC)cc1. The fourth-order valence-electron chi connectivity index (χ4n) is 1.02. The molecule has 0 atom stereocenters. The predicted octanol–water partition coefficient (Wildman–Crippen LogP) is 0.785. The Hall–Kier alpha value is -1.59. The van der Waals surface area contributed by atoms with E-state index in [4.69, 9.17) is 4.74 Å². The average molecular weight is 210 g/mol. The number of hydrogen-bond donors (Lipinski definition) is 2. The molecule has 0 spiro atoms. The van der Waals surface area contributed by atoms with Crippen LogP contribution in [-0.2, 0) is 9.63 Å². The summed E-state index contributed by atoms with van der Waals surface area (Å²) in [6, 6.07) is 7.09. The minimum Gasteiger partial charge on any atom is -0.497 e. The van der Waals surface area contributed by atoms with Crippen molar-refractivity contribution in [2.75, 3.05) is 26.1 Å². The molecule has 1 aromatic carbocycles. The molecule has 0 saturated heterocycles. The van der Waals surface area contributed by atoms with Gasteiger partial charge in [-0.3, -0.25) is 4.79 Å². The minimum atomic E-state index is -0.165. The topological polar surface area (TPSA) is 59.6 Å². The molecule has 0 radical (unpaired) electrons. The van der Waals surface area contributed by atoms with Crippen molar-refractivity contribution in [3.05, 3.63) is 24.3 Å². The Morgan fingerprint density at radius 3 is 2.47 bits per heavy atom. The van der Waals surface area contributed by atoms with E-state index in [1.807, 2.05) is 0 Å². The summed E-state index contributed by atoms with van der Waals surface area (Å²) in [5.41, 5.74) is 3.18. The third-order valence-electron chi connectivity index (χ3n) is 1.75. The Labute approximate surface area is 88.3 Å². The van der Waals surface area contributed by atoms with Gasteiger partial charge in [0.05, 0.1) is 14.2 Å². The molecule has 5 nitrogen and oxygen atoms in total. The molecule has 5 heteroatoms. The van der Waals surface area contributed by atoms with E-state index in [0.29, 0.717) is 0 Å². The number of methoxy groups -OCH3 is 1. The highest BCUT2D eigenvalue weighted by molar-refractivity contribution is 5.92. The number of ether oxygens (including phenoxy) is 1. The summed E-state index contributed by atoms with van der Waals surface area (Å²) in [6.07, 6.45) is 0. The summed E-state index contributed by atoms with van der Waals surface area (Å²) in [5.74, 6) is 0.588. The molecule has 1 amide bonds. The first-order valence-electron chi connectivity index (χ1n) is 4.46. The van der Waals surface area contributed by atoms with Gasteiger partial charge in [-0.2, -0.15) is 5.48 Å². The molecule has 2 N–H and O–H groups in total. The third kappa shape index (κ3) is 3.97. The third-order valence-corrected chi connectivity index (χ3v) is 1.75. The van der Waals surface area contributed by atoms with E-state index in [9.17, 15) is 4.79 Å². The molecule has 0 unspecified atom stereocenters. The molecular formula is C10H14N2O3. The van der Waals surface area contributed by atoms with Crippen molar-refractivity contribution in [1.82, 2.24) is 5.48 Å². The van der Waals surface area contributed by atoms with E-state index in [-0.39, 0.29) is 12.5 Å². The number of hydrogen-bond acceptors (Lipinski definition) is 4. The zero-order valence-corrected chi connectivity index (χ0v) is 8.74. The molecule has 1 rings (SSSR count). The standard InChI is InChI=1S/C10H14N2O3/c1-14-9-5-3-8(4-6-9)12-10(13)7-11-15-2/h3-6,11H,7H2,1-2H3,(H,12,13). The van der Waals surface area contributed by atoms with E-state index >= 15 is 0 Å². The van der Waals surface area contributed by atoms with Crippen molar-refractivity contribution >= 4 is 11.6 Å². The Kier molecular flexibility index (Phi) is 4.59. The number of rotatable bonds is 5. The lowest BCUT2D eigenvalue weighted by molar-refractivity contribution is -0.117. The zero-order chi connectivity index (χ0) is 11.1. The maximum atomic E-state index is 11.2. The Bertz CT molecular complexity index is 311. The maximum Gasteiger partial charge on any atom is 0.240 e. The lowest BCUT2D eigenvalue weighted by Gasteiger charge is -2.06. The van der Waals surface area contributed by atoms with E-state index in [1.165, 1.54) is 7.11 Å². The number of carbonyl (C=O) groups excluding carboxylic acids is 1. The van der Waals surface area contributed by atoms with Crippen LogP contribution >= 0.6 is 0 Å². The Morgan fingerprint density at radius 1 is 1.27 bits per heavy atom. The zero-order valence-electron chi connectivity index (χ0n) is 8.74. The van der Waals surface area contributed by atoms with E-state index < -0.39 is 0 Å². The highest BCUT2D eigenvalue weighted by Gasteiger charge is 2.01. The normalized spacial score (nSPS) is 9.73. The number of benzene rings is 1. The summed E-state index contributed by atoms with van der Waals surface area (Å²) in [5, 5.41) is 2.69. The molecule has 0 aliphatic heterocycles. The summed E-state index contributed by atoms with van der Waals surface area (Å²) in [7, 11) is 3.05. The molecular weight excluding hydrogens is 196 g/mol. The second kappa shape index (κ2) is 6.00. The lowest BCUT2D eigenvalue weighted by Crippen LogP contribution is -2.27. The first-order chi connectivity index (χ1) is 7.26. The second-order valence-corrected chi connectivity index (χ2v) is 2.80. The van der Waals surface area contributed by atoms with Crippen LogP contribution in [0.1, 0.15) is 0 Å². The average Bonchev–Trinajstić information content (AvgIpc) is 2.27. The van der Waals surface area contributed by atoms with Crippen LogP contribution in [0.3, 0.4) is 0 Å². The first kappa shape index (κ1) is 11.5. The molecule has 0 heterocycles. The molecule has 0 fully saturated rings. The number of carbonyl (C=O) groups is 1. The van der Waals surface area contributed by atoms with Gasteiger partial charge in [0.2, 0.25) is 5.91 Å². The Balaban J connectivity index is 2.46. The van der Waals surface area contributed by atoms with Crippen LogP contribution < -0.4 is 15.5 Å². The number of amides is 1. The van der Waals surface area contributed by atoms with Crippen molar-refractivity contribution in [2.45, 2.75) is 0 Å².